The highest BCUT2D eigenvalue weighted by Crippen LogP contribution is 2.33. The average molecular weight is 295 g/mol. The van der Waals surface area contributed by atoms with Gasteiger partial charge >= 0.3 is 0 Å². The maximum absolute atomic E-state index is 13.4. The summed E-state index contributed by atoms with van der Waals surface area (Å²) in [6.45, 7) is 1.64. The topological polar surface area (TPSA) is 29.5 Å². The van der Waals surface area contributed by atoms with Crippen LogP contribution in [0.15, 0.2) is 42.5 Å². The van der Waals surface area contributed by atoms with E-state index < -0.39 is 11.4 Å². The Morgan fingerprint density at radius 3 is 2.45 bits per heavy atom. The van der Waals surface area contributed by atoms with E-state index in [-0.39, 0.29) is 0 Å². The summed E-state index contributed by atoms with van der Waals surface area (Å²) in [4.78, 5) is 0. The number of hydrogen-bond donors (Lipinski definition) is 1. The molecule has 1 atom stereocenters. The number of aliphatic hydroxyl groups is 1. The Balaban J connectivity index is 2.34. The second-order valence-corrected chi connectivity index (χ2v) is 5.36. The van der Waals surface area contributed by atoms with Crippen LogP contribution in [0.1, 0.15) is 18.1 Å². The van der Waals surface area contributed by atoms with Gasteiger partial charge in [0.2, 0.25) is 0 Å². The quantitative estimate of drug-likeness (QED) is 0.925. The molecular formula is C16H16ClFO2. The largest absolute Gasteiger partial charge is 0.496 e. The highest BCUT2D eigenvalue weighted by Gasteiger charge is 2.27. The number of benzene rings is 2. The molecule has 0 fully saturated rings. The fraction of sp³-hybridized carbons (Fsp3) is 0.250. The van der Waals surface area contributed by atoms with Crippen molar-refractivity contribution >= 4 is 11.6 Å². The molecule has 2 rings (SSSR count). The van der Waals surface area contributed by atoms with Crippen LogP contribution in [0.4, 0.5) is 4.39 Å². The van der Waals surface area contributed by atoms with E-state index in [1.165, 1.54) is 25.3 Å². The first-order valence-corrected chi connectivity index (χ1v) is 6.61. The zero-order valence-corrected chi connectivity index (χ0v) is 12.1. The predicted octanol–water partition coefficient (Wildman–Crippen LogP) is 3.94. The van der Waals surface area contributed by atoms with Crippen LogP contribution in [0.25, 0.3) is 0 Å². The molecule has 106 valence electrons. The molecule has 2 aromatic carbocycles. The van der Waals surface area contributed by atoms with Crippen LogP contribution in [-0.2, 0) is 12.0 Å². The van der Waals surface area contributed by atoms with Crippen molar-refractivity contribution in [1.29, 1.82) is 0 Å². The van der Waals surface area contributed by atoms with E-state index >= 15 is 0 Å². The van der Waals surface area contributed by atoms with E-state index in [1.54, 1.807) is 19.1 Å². The first-order valence-electron chi connectivity index (χ1n) is 6.23. The van der Waals surface area contributed by atoms with Crippen LogP contribution >= 0.6 is 11.6 Å². The van der Waals surface area contributed by atoms with Crippen LogP contribution in [-0.4, -0.2) is 12.2 Å². The molecule has 0 amide bonds. The lowest BCUT2D eigenvalue weighted by Crippen LogP contribution is -2.25. The number of rotatable bonds is 4. The summed E-state index contributed by atoms with van der Waals surface area (Å²) in [6.07, 6.45) is 0.337. The van der Waals surface area contributed by atoms with Gasteiger partial charge in [-0.2, -0.15) is 0 Å². The highest BCUT2D eigenvalue weighted by molar-refractivity contribution is 6.30. The van der Waals surface area contributed by atoms with Crippen molar-refractivity contribution in [2.45, 2.75) is 18.9 Å². The van der Waals surface area contributed by atoms with Gasteiger partial charge in [0, 0.05) is 17.0 Å². The van der Waals surface area contributed by atoms with Crippen molar-refractivity contribution in [3.8, 4) is 5.75 Å². The first kappa shape index (κ1) is 14.8. The maximum atomic E-state index is 13.4. The van der Waals surface area contributed by atoms with Gasteiger partial charge < -0.3 is 9.84 Å². The zero-order valence-electron chi connectivity index (χ0n) is 11.4. The molecule has 0 bridgehead atoms. The first-order chi connectivity index (χ1) is 9.42. The molecule has 0 saturated heterocycles. The molecule has 0 saturated carbocycles. The molecule has 0 spiro atoms. The predicted molar refractivity (Wildman–Crippen MR) is 77.7 cm³/mol. The molecule has 0 radical (unpaired) electrons. The molecule has 0 heterocycles. The van der Waals surface area contributed by atoms with Crippen molar-refractivity contribution < 1.29 is 14.2 Å². The molecule has 20 heavy (non-hydrogen) atoms. The molecule has 1 unspecified atom stereocenters. The third kappa shape index (κ3) is 3.30. The van der Waals surface area contributed by atoms with Gasteiger partial charge in [-0.15, -0.1) is 0 Å². The minimum atomic E-state index is -1.23. The summed E-state index contributed by atoms with van der Waals surface area (Å²) < 4.78 is 18.6. The van der Waals surface area contributed by atoms with Gasteiger partial charge in [0.05, 0.1) is 12.7 Å². The van der Waals surface area contributed by atoms with Crippen LogP contribution in [0, 0.1) is 5.82 Å². The molecule has 0 aliphatic carbocycles. The molecule has 2 aromatic rings. The lowest BCUT2D eigenvalue weighted by atomic mass is 9.88. The lowest BCUT2D eigenvalue weighted by molar-refractivity contribution is 0.0546. The van der Waals surface area contributed by atoms with Crippen molar-refractivity contribution in [2.24, 2.45) is 0 Å². The summed E-state index contributed by atoms with van der Waals surface area (Å²) in [7, 11) is 1.50. The Morgan fingerprint density at radius 2 is 1.85 bits per heavy atom. The van der Waals surface area contributed by atoms with E-state index in [9.17, 15) is 9.50 Å². The van der Waals surface area contributed by atoms with E-state index in [2.05, 4.69) is 0 Å². The van der Waals surface area contributed by atoms with Crippen molar-refractivity contribution in [3.05, 3.63) is 64.4 Å². The van der Waals surface area contributed by atoms with E-state index in [0.29, 0.717) is 22.8 Å². The average Bonchev–Trinajstić information content (AvgIpc) is 2.41. The second kappa shape index (κ2) is 5.81. The Morgan fingerprint density at radius 1 is 1.20 bits per heavy atom. The fourth-order valence-corrected chi connectivity index (χ4v) is 2.32. The minimum Gasteiger partial charge on any atom is -0.496 e. The van der Waals surface area contributed by atoms with Gasteiger partial charge in [-0.05, 0) is 42.8 Å². The monoisotopic (exact) mass is 294 g/mol. The van der Waals surface area contributed by atoms with Crippen LogP contribution in [0.2, 0.25) is 5.02 Å². The Hall–Kier alpha value is -1.58. The number of methoxy groups -OCH3 is 1. The summed E-state index contributed by atoms with van der Waals surface area (Å²) in [5, 5.41) is 11.3. The van der Waals surface area contributed by atoms with Gasteiger partial charge in [-0.25, -0.2) is 4.39 Å². The normalized spacial score (nSPS) is 13.8. The summed E-state index contributed by atoms with van der Waals surface area (Å²) in [6, 6.07) is 11.3. The fourth-order valence-electron chi connectivity index (χ4n) is 2.20. The van der Waals surface area contributed by atoms with Crippen LogP contribution in [0.3, 0.4) is 0 Å². The minimum absolute atomic E-state index is 0.337. The summed E-state index contributed by atoms with van der Waals surface area (Å²) >= 11 is 5.84. The van der Waals surface area contributed by atoms with Gasteiger partial charge in [0.1, 0.15) is 11.6 Å². The Kier molecular flexibility index (Phi) is 4.31. The van der Waals surface area contributed by atoms with Crippen molar-refractivity contribution in [1.82, 2.24) is 0 Å². The number of halogens is 2. The maximum Gasteiger partial charge on any atom is 0.125 e. The summed E-state index contributed by atoms with van der Waals surface area (Å²) in [5.74, 6) is 0.0579. The van der Waals surface area contributed by atoms with Gasteiger partial charge in [0.15, 0.2) is 0 Å². The van der Waals surface area contributed by atoms with Crippen LogP contribution < -0.4 is 4.74 Å². The van der Waals surface area contributed by atoms with E-state index in [0.717, 1.165) is 5.56 Å². The van der Waals surface area contributed by atoms with Crippen molar-refractivity contribution in [3.63, 3.8) is 0 Å². The number of ether oxygens (including phenoxy) is 1. The smallest absolute Gasteiger partial charge is 0.125 e. The zero-order chi connectivity index (χ0) is 14.8. The highest BCUT2D eigenvalue weighted by atomic mass is 35.5. The molecule has 0 aliphatic rings. The molecule has 0 aromatic heterocycles. The van der Waals surface area contributed by atoms with Gasteiger partial charge in [-0.3, -0.25) is 0 Å². The molecule has 4 heteroatoms. The van der Waals surface area contributed by atoms with E-state index in [4.69, 9.17) is 16.3 Å². The standard InChI is InChI=1S/C16H16ClFO2/c1-16(19,10-11-3-5-12(17)6-4-11)14-9-13(18)7-8-15(14)20-2/h3-9,19H,10H2,1-2H3. The van der Waals surface area contributed by atoms with Gasteiger partial charge in [0.25, 0.3) is 0 Å². The summed E-state index contributed by atoms with van der Waals surface area (Å²) in [5.41, 5.74) is 0.0991. The van der Waals surface area contributed by atoms with Crippen LogP contribution in [0.5, 0.6) is 5.75 Å². The SMILES string of the molecule is COc1ccc(F)cc1C(C)(O)Cc1ccc(Cl)cc1. The van der Waals surface area contributed by atoms with Crippen molar-refractivity contribution in [2.75, 3.05) is 7.11 Å². The molecule has 1 N–H and O–H groups in total. The lowest BCUT2D eigenvalue weighted by Gasteiger charge is -2.26. The third-order valence-electron chi connectivity index (χ3n) is 3.20. The number of hydrogen-bond acceptors (Lipinski definition) is 2. The Bertz CT molecular complexity index is 594. The third-order valence-corrected chi connectivity index (χ3v) is 3.46. The molecule has 0 aliphatic heterocycles. The van der Waals surface area contributed by atoms with E-state index in [1.807, 2.05) is 12.1 Å². The molecule has 2 nitrogen and oxygen atoms in total. The molecular weight excluding hydrogens is 279 g/mol. The second-order valence-electron chi connectivity index (χ2n) is 4.92. The van der Waals surface area contributed by atoms with Gasteiger partial charge in [-0.1, -0.05) is 23.7 Å². The Labute approximate surface area is 122 Å².